The van der Waals surface area contributed by atoms with Crippen LogP contribution >= 0.6 is 0 Å². The van der Waals surface area contributed by atoms with Gasteiger partial charge in [-0.25, -0.2) is 4.79 Å². The highest BCUT2D eigenvalue weighted by Gasteiger charge is 2.16. The molecule has 2 rings (SSSR count). The maximum Gasteiger partial charge on any atom is 0.407 e. The van der Waals surface area contributed by atoms with Gasteiger partial charge >= 0.3 is 6.09 Å². The van der Waals surface area contributed by atoms with Gasteiger partial charge in [0.25, 0.3) is 0 Å². The Balaban J connectivity index is 1.74. The van der Waals surface area contributed by atoms with Crippen LogP contribution in [-0.2, 0) is 16.1 Å². The molecule has 136 valence electrons. The van der Waals surface area contributed by atoms with Crippen LogP contribution in [0.3, 0.4) is 0 Å². The Kier molecular flexibility index (Phi) is 5.95. The molecule has 2 aromatic rings. The van der Waals surface area contributed by atoms with Crippen molar-refractivity contribution in [2.75, 3.05) is 13.6 Å². The Hall–Kier alpha value is -2.64. The molecule has 0 atom stereocenters. The Morgan fingerprint density at radius 3 is 2.76 bits per heavy atom. The monoisotopic (exact) mass is 347 g/mol. The molecule has 8 nitrogen and oxygen atoms in total. The number of aromatic nitrogens is 3. The van der Waals surface area contributed by atoms with Crippen LogP contribution in [0.15, 0.2) is 24.4 Å². The second-order valence-corrected chi connectivity index (χ2v) is 6.83. The second-order valence-electron chi connectivity index (χ2n) is 6.83. The molecule has 0 saturated carbocycles. The number of amides is 2. The summed E-state index contributed by atoms with van der Waals surface area (Å²) in [6.07, 6.45) is 2.28. The SMILES string of the molecule is CN(Cc1nnc2ccccn12)C(=O)CCCNC(=O)OC(C)(C)C. The van der Waals surface area contributed by atoms with E-state index in [0.717, 1.165) is 5.65 Å². The number of carbonyl (C=O) groups is 2. The van der Waals surface area contributed by atoms with E-state index >= 15 is 0 Å². The molecule has 0 fully saturated rings. The third-order valence-corrected chi connectivity index (χ3v) is 3.42. The third kappa shape index (κ3) is 5.74. The molecular weight excluding hydrogens is 322 g/mol. The predicted octanol–water partition coefficient (Wildman–Crippen LogP) is 1.99. The molecule has 0 aromatic carbocycles. The number of rotatable bonds is 6. The molecule has 2 aromatic heterocycles. The number of ether oxygens (including phenoxy) is 1. The first-order chi connectivity index (χ1) is 11.8. The summed E-state index contributed by atoms with van der Waals surface area (Å²) in [5.74, 6) is 0.692. The summed E-state index contributed by atoms with van der Waals surface area (Å²) in [7, 11) is 1.73. The molecule has 25 heavy (non-hydrogen) atoms. The highest BCUT2D eigenvalue weighted by molar-refractivity contribution is 5.75. The lowest BCUT2D eigenvalue weighted by molar-refractivity contribution is -0.130. The van der Waals surface area contributed by atoms with E-state index in [-0.39, 0.29) is 5.91 Å². The standard InChI is InChI=1S/C17H25N5O3/c1-17(2,3)25-16(24)18-10-7-9-15(23)21(4)12-14-20-19-13-8-5-6-11-22(13)14/h5-6,8,11H,7,9-10,12H2,1-4H3,(H,18,24). The number of nitrogens with zero attached hydrogens (tertiary/aromatic N) is 4. The zero-order valence-corrected chi connectivity index (χ0v) is 15.2. The van der Waals surface area contributed by atoms with Crippen molar-refractivity contribution < 1.29 is 14.3 Å². The summed E-state index contributed by atoms with van der Waals surface area (Å²) in [6, 6.07) is 5.64. The molecule has 0 bridgehead atoms. The van der Waals surface area contributed by atoms with Crippen LogP contribution in [0, 0.1) is 0 Å². The van der Waals surface area contributed by atoms with Crippen molar-refractivity contribution in [3.8, 4) is 0 Å². The van der Waals surface area contributed by atoms with Crippen molar-refractivity contribution in [3.05, 3.63) is 30.2 Å². The molecule has 1 N–H and O–H groups in total. The average molecular weight is 347 g/mol. The summed E-state index contributed by atoms with van der Waals surface area (Å²) in [5, 5.41) is 10.8. The molecule has 0 aliphatic carbocycles. The molecule has 0 spiro atoms. The lowest BCUT2D eigenvalue weighted by Gasteiger charge is -2.20. The summed E-state index contributed by atoms with van der Waals surface area (Å²) >= 11 is 0. The molecule has 0 unspecified atom stereocenters. The van der Waals surface area contributed by atoms with E-state index in [2.05, 4.69) is 15.5 Å². The van der Waals surface area contributed by atoms with Gasteiger partial charge in [-0.15, -0.1) is 10.2 Å². The Morgan fingerprint density at radius 2 is 2.04 bits per heavy atom. The van der Waals surface area contributed by atoms with Gasteiger partial charge in [0, 0.05) is 26.2 Å². The predicted molar refractivity (Wildman–Crippen MR) is 92.9 cm³/mol. The highest BCUT2D eigenvalue weighted by Crippen LogP contribution is 2.08. The van der Waals surface area contributed by atoms with Crippen molar-refractivity contribution in [2.45, 2.75) is 45.8 Å². The Bertz CT molecular complexity index is 735. The maximum absolute atomic E-state index is 12.2. The average Bonchev–Trinajstić information content (AvgIpc) is 2.93. The van der Waals surface area contributed by atoms with Crippen LogP contribution in [0.5, 0.6) is 0 Å². The van der Waals surface area contributed by atoms with Gasteiger partial charge in [-0.1, -0.05) is 6.07 Å². The van der Waals surface area contributed by atoms with Gasteiger partial charge in [-0.2, -0.15) is 0 Å². The largest absolute Gasteiger partial charge is 0.444 e. The number of carbonyl (C=O) groups excluding carboxylic acids is 2. The van der Waals surface area contributed by atoms with Gasteiger partial charge in [-0.05, 0) is 39.3 Å². The van der Waals surface area contributed by atoms with Crippen molar-refractivity contribution >= 4 is 17.6 Å². The minimum atomic E-state index is -0.527. The molecule has 0 aliphatic heterocycles. The molecule has 0 radical (unpaired) electrons. The first-order valence-electron chi connectivity index (χ1n) is 8.26. The molecule has 8 heteroatoms. The summed E-state index contributed by atoms with van der Waals surface area (Å²) in [4.78, 5) is 25.3. The topological polar surface area (TPSA) is 88.8 Å². The lowest BCUT2D eigenvalue weighted by atomic mass is 10.2. The number of nitrogens with one attached hydrogen (secondary N) is 1. The van der Waals surface area contributed by atoms with Crippen LogP contribution < -0.4 is 5.32 Å². The first kappa shape index (κ1) is 18.7. The highest BCUT2D eigenvalue weighted by atomic mass is 16.6. The van der Waals surface area contributed by atoms with E-state index in [1.165, 1.54) is 0 Å². The van der Waals surface area contributed by atoms with Gasteiger partial charge in [0.1, 0.15) is 5.60 Å². The number of hydrogen-bond donors (Lipinski definition) is 1. The second kappa shape index (κ2) is 7.96. The summed E-state index contributed by atoms with van der Waals surface area (Å²) in [6.45, 7) is 6.18. The van der Waals surface area contributed by atoms with E-state index in [1.807, 2.05) is 28.8 Å². The molecular formula is C17H25N5O3. The molecule has 0 aliphatic rings. The molecule has 2 amide bonds. The van der Waals surface area contributed by atoms with E-state index in [0.29, 0.717) is 31.8 Å². The molecule has 0 saturated heterocycles. The number of alkyl carbamates (subject to hydrolysis) is 1. The van der Waals surface area contributed by atoms with E-state index in [1.54, 1.807) is 32.7 Å². The normalized spacial score (nSPS) is 11.4. The van der Waals surface area contributed by atoms with Crippen LogP contribution in [0.2, 0.25) is 0 Å². The Morgan fingerprint density at radius 1 is 1.28 bits per heavy atom. The van der Waals surface area contributed by atoms with Crippen molar-refractivity contribution in [3.63, 3.8) is 0 Å². The number of hydrogen-bond acceptors (Lipinski definition) is 5. The van der Waals surface area contributed by atoms with Crippen molar-refractivity contribution in [1.29, 1.82) is 0 Å². The van der Waals surface area contributed by atoms with E-state index in [4.69, 9.17) is 4.74 Å². The van der Waals surface area contributed by atoms with Gasteiger partial charge in [0.15, 0.2) is 11.5 Å². The fraction of sp³-hybridized carbons (Fsp3) is 0.529. The minimum absolute atomic E-state index is 0.0151. The number of pyridine rings is 1. The van der Waals surface area contributed by atoms with Crippen LogP contribution in [-0.4, -0.2) is 50.7 Å². The van der Waals surface area contributed by atoms with Crippen LogP contribution in [0.4, 0.5) is 4.79 Å². The first-order valence-corrected chi connectivity index (χ1v) is 8.26. The maximum atomic E-state index is 12.2. The Labute approximate surface area is 147 Å². The van der Waals surface area contributed by atoms with Gasteiger partial charge in [-0.3, -0.25) is 9.20 Å². The van der Waals surface area contributed by atoms with Crippen molar-refractivity contribution in [1.82, 2.24) is 24.8 Å². The number of fused-ring (bicyclic) bond motifs is 1. The van der Waals surface area contributed by atoms with Crippen LogP contribution in [0.25, 0.3) is 5.65 Å². The van der Waals surface area contributed by atoms with Crippen LogP contribution in [0.1, 0.15) is 39.4 Å². The zero-order chi connectivity index (χ0) is 18.4. The molecule has 2 heterocycles. The third-order valence-electron chi connectivity index (χ3n) is 3.42. The van der Waals surface area contributed by atoms with E-state index in [9.17, 15) is 9.59 Å². The van der Waals surface area contributed by atoms with Crippen molar-refractivity contribution in [2.24, 2.45) is 0 Å². The van der Waals surface area contributed by atoms with Gasteiger partial charge < -0.3 is 15.0 Å². The summed E-state index contributed by atoms with van der Waals surface area (Å²) < 4.78 is 6.99. The summed E-state index contributed by atoms with van der Waals surface area (Å²) in [5.41, 5.74) is 0.223. The lowest BCUT2D eigenvalue weighted by Crippen LogP contribution is -2.33. The quantitative estimate of drug-likeness (QED) is 0.807. The minimum Gasteiger partial charge on any atom is -0.444 e. The fourth-order valence-corrected chi connectivity index (χ4v) is 2.23. The van der Waals surface area contributed by atoms with Gasteiger partial charge in [0.2, 0.25) is 5.91 Å². The smallest absolute Gasteiger partial charge is 0.407 e. The fourth-order valence-electron chi connectivity index (χ4n) is 2.23. The van der Waals surface area contributed by atoms with E-state index < -0.39 is 11.7 Å². The van der Waals surface area contributed by atoms with Gasteiger partial charge in [0.05, 0.1) is 6.54 Å². The zero-order valence-electron chi connectivity index (χ0n) is 15.2.